The van der Waals surface area contributed by atoms with E-state index in [0.717, 1.165) is 25.9 Å². The summed E-state index contributed by atoms with van der Waals surface area (Å²) in [7, 11) is 2.01. The number of carbonyl (C=O) groups is 2. The van der Waals surface area contributed by atoms with Crippen LogP contribution in [-0.4, -0.2) is 47.3 Å². The fourth-order valence-corrected chi connectivity index (χ4v) is 2.70. The van der Waals surface area contributed by atoms with Crippen LogP contribution in [0.2, 0.25) is 0 Å². The number of amides is 2. The van der Waals surface area contributed by atoms with Gasteiger partial charge in [-0.2, -0.15) is 9.90 Å². The van der Waals surface area contributed by atoms with Gasteiger partial charge >= 0.3 is 0 Å². The van der Waals surface area contributed by atoms with Crippen molar-refractivity contribution >= 4 is 21.7 Å². The van der Waals surface area contributed by atoms with Crippen LogP contribution in [0.15, 0.2) is 12.2 Å². The van der Waals surface area contributed by atoms with E-state index in [4.69, 9.17) is 0 Å². The van der Waals surface area contributed by atoms with Gasteiger partial charge in [-0.05, 0) is 13.5 Å². The van der Waals surface area contributed by atoms with E-state index in [1.165, 1.54) is 17.1 Å². The summed E-state index contributed by atoms with van der Waals surface area (Å²) in [6.45, 7) is 3.69. The van der Waals surface area contributed by atoms with Crippen molar-refractivity contribution in [3.05, 3.63) is 12.2 Å². The highest BCUT2D eigenvalue weighted by molar-refractivity contribution is 6.92. The molecule has 1 fully saturated rings. The second kappa shape index (κ2) is 5.74. The third-order valence-electron chi connectivity index (χ3n) is 3.13. The average molecular weight is 258 g/mol. The summed E-state index contributed by atoms with van der Waals surface area (Å²) in [5, 5.41) is 0. The Morgan fingerprint density at radius 1 is 1.24 bits per heavy atom. The molecule has 0 bridgehead atoms. The number of hydrogen-bond acceptors (Lipinski definition) is 3. The number of carbonyl (C=O) groups excluding carboxylic acids is 2. The fraction of sp³-hybridized carbons (Fsp3) is 0.667. The van der Waals surface area contributed by atoms with Gasteiger partial charge in [-0.15, -0.1) is 0 Å². The average Bonchev–Trinajstić information content (AvgIpc) is 2.44. The molecule has 2 aliphatic rings. The van der Waals surface area contributed by atoms with Crippen molar-refractivity contribution in [1.82, 2.24) is 9.80 Å². The van der Waals surface area contributed by atoms with E-state index in [1.807, 2.05) is 7.05 Å². The van der Waals surface area contributed by atoms with Gasteiger partial charge in [0.05, 0.1) is 5.54 Å². The van der Waals surface area contributed by atoms with Crippen LogP contribution in [0, 0.1) is 0 Å². The van der Waals surface area contributed by atoms with Crippen LogP contribution in [0.4, 0.5) is 0 Å². The second-order valence-corrected chi connectivity index (χ2v) is 4.49. The molecule has 17 heavy (non-hydrogen) atoms. The summed E-state index contributed by atoms with van der Waals surface area (Å²) >= 11 is 0. The van der Waals surface area contributed by atoms with Gasteiger partial charge in [-0.3, -0.25) is 14.5 Å². The molecule has 2 amide bonds. The second-order valence-electron chi connectivity index (χ2n) is 4.49. The number of imide groups is 1. The largest absolute Gasteiger partial charge is 0.302 e. The third-order valence-corrected chi connectivity index (χ3v) is 3.13. The molecular weight excluding hydrogens is 235 g/mol. The quantitative estimate of drug-likeness (QED) is 0.562. The smallest absolute Gasteiger partial charge is 0.254 e. The molecule has 0 aromatic rings. The number of likely N-dealkylation sites (tertiary alicyclic amines) is 1. The van der Waals surface area contributed by atoms with E-state index in [0.29, 0.717) is 0 Å². The fourth-order valence-electron chi connectivity index (χ4n) is 2.70. The maximum absolute atomic E-state index is 11.6. The first kappa shape index (κ1) is 16.3. The van der Waals surface area contributed by atoms with Crippen molar-refractivity contribution in [2.75, 3.05) is 20.1 Å². The van der Waals surface area contributed by atoms with Crippen LogP contribution < -0.4 is 0 Å². The zero-order valence-electron chi connectivity index (χ0n) is 9.90. The molecule has 2 aliphatic heterocycles. The highest BCUT2D eigenvalue weighted by Crippen LogP contribution is 2.33. The summed E-state index contributed by atoms with van der Waals surface area (Å²) in [6, 6.07) is 0. The Morgan fingerprint density at radius 2 is 1.71 bits per heavy atom. The van der Waals surface area contributed by atoms with Gasteiger partial charge in [0.1, 0.15) is 0 Å². The molecule has 1 unspecified atom stereocenters. The molecule has 5 heteroatoms. The molecule has 0 aliphatic carbocycles. The van der Waals surface area contributed by atoms with Crippen molar-refractivity contribution in [1.29, 1.82) is 0 Å². The highest BCUT2D eigenvalue weighted by atomic mass is 31.0. The zero-order chi connectivity index (χ0) is 11.1. The molecule has 2 heterocycles. The minimum Gasteiger partial charge on any atom is -0.302 e. The summed E-state index contributed by atoms with van der Waals surface area (Å²) in [5.74, 6) is -0.303. The molecular formula is C12H23N2O2P. The molecule has 0 aromatic heterocycles. The topological polar surface area (TPSA) is 40.6 Å². The standard InChI is InChI=1S/C11H16N2O2.CH4.H3P/c1-3-6-11(7-12(2)8-11)13-9(14)4-5-10(13)15;;/h4-5H,3,6-8H2,1-2H3;1H4;1H3. The first-order valence-corrected chi connectivity index (χ1v) is 5.34. The van der Waals surface area contributed by atoms with Gasteiger partial charge < -0.3 is 4.90 Å². The number of nitrogens with zero attached hydrogens (tertiary/aromatic N) is 2. The maximum Gasteiger partial charge on any atom is 0.254 e. The Hall–Kier alpha value is -0.730. The van der Waals surface area contributed by atoms with Crippen molar-refractivity contribution in [3.63, 3.8) is 0 Å². The van der Waals surface area contributed by atoms with Crippen LogP contribution >= 0.6 is 9.90 Å². The van der Waals surface area contributed by atoms with Gasteiger partial charge in [0.25, 0.3) is 11.8 Å². The van der Waals surface area contributed by atoms with E-state index >= 15 is 0 Å². The first-order chi connectivity index (χ1) is 7.09. The van der Waals surface area contributed by atoms with Gasteiger partial charge in [-0.1, -0.05) is 20.8 Å². The summed E-state index contributed by atoms with van der Waals surface area (Å²) < 4.78 is 0. The molecule has 0 radical (unpaired) electrons. The maximum atomic E-state index is 11.6. The Bertz CT molecular complexity index is 312. The van der Waals surface area contributed by atoms with Crippen LogP contribution in [0.25, 0.3) is 0 Å². The monoisotopic (exact) mass is 258 g/mol. The lowest BCUT2D eigenvalue weighted by Crippen LogP contribution is -2.70. The Morgan fingerprint density at radius 3 is 2.06 bits per heavy atom. The van der Waals surface area contributed by atoms with Gasteiger partial charge in [-0.25, -0.2) is 0 Å². The molecule has 0 aromatic carbocycles. The lowest BCUT2D eigenvalue weighted by molar-refractivity contribution is -0.152. The lowest BCUT2D eigenvalue weighted by Gasteiger charge is -2.52. The Labute approximate surface area is 107 Å². The summed E-state index contributed by atoms with van der Waals surface area (Å²) in [4.78, 5) is 26.8. The molecule has 4 nitrogen and oxygen atoms in total. The Kier molecular flexibility index (Phi) is 5.50. The molecule has 0 saturated carbocycles. The molecule has 1 saturated heterocycles. The van der Waals surface area contributed by atoms with Crippen molar-refractivity contribution in [2.24, 2.45) is 0 Å². The zero-order valence-corrected chi connectivity index (χ0v) is 11.3. The normalized spacial score (nSPS) is 21.9. The predicted octanol–water partition coefficient (Wildman–Crippen LogP) is 1.09. The van der Waals surface area contributed by atoms with E-state index < -0.39 is 0 Å². The third kappa shape index (κ3) is 2.58. The van der Waals surface area contributed by atoms with Crippen molar-refractivity contribution in [2.45, 2.75) is 32.7 Å². The van der Waals surface area contributed by atoms with Crippen LogP contribution in [-0.2, 0) is 9.59 Å². The summed E-state index contributed by atoms with van der Waals surface area (Å²) in [6.07, 6.45) is 4.64. The van der Waals surface area contributed by atoms with Crippen LogP contribution in [0.5, 0.6) is 0 Å². The predicted molar refractivity (Wildman–Crippen MR) is 74.0 cm³/mol. The van der Waals surface area contributed by atoms with Crippen LogP contribution in [0.1, 0.15) is 27.2 Å². The van der Waals surface area contributed by atoms with E-state index in [-0.39, 0.29) is 34.7 Å². The SMILES string of the molecule is C.CCCC1(N2C(=O)C=CC2=O)CN(C)C1.P. The summed E-state index contributed by atoms with van der Waals surface area (Å²) in [5.41, 5.74) is -0.235. The minimum absolute atomic E-state index is 0. The van der Waals surface area contributed by atoms with E-state index in [1.54, 1.807) is 0 Å². The highest BCUT2D eigenvalue weighted by Gasteiger charge is 2.50. The lowest BCUT2D eigenvalue weighted by atomic mass is 9.84. The minimum atomic E-state index is -0.235. The number of hydrogen-bond donors (Lipinski definition) is 0. The van der Waals surface area contributed by atoms with Gasteiger partial charge in [0.15, 0.2) is 0 Å². The van der Waals surface area contributed by atoms with Crippen molar-refractivity contribution < 1.29 is 9.59 Å². The molecule has 1 atom stereocenters. The first-order valence-electron chi connectivity index (χ1n) is 5.34. The van der Waals surface area contributed by atoms with Gasteiger partial charge in [0, 0.05) is 25.2 Å². The number of rotatable bonds is 3. The van der Waals surface area contributed by atoms with E-state index in [2.05, 4.69) is 11.8 Å². The molecule has 0 N–H and O–H groups in total. The molecule has 0 spiro atoms. The Balaban J connectivity index is 0.00000128. The number of likely N-dealkylation sites (N-methyl/N-ethyl adjacent to an activating group) is 1. The van der Waals surface area contributed by atoms with Gasteiger partial charge in [0.2, 0.25) is 0 Å². The van der Waals surface area contributed by atoms with Crippen LogP contribution in [0.3, 0.4) is 0 Å². The van der Waals surface area contributed by atoms with E-state index in [9.17, 15) is 9.59 Å². The molecule has 2 rings (SSSR count). The molecule has 98 valence electrons. The van der Waals surface area contributed by atoms with Crippen molar-refractivity contribution in [3.8, 4) is 0 Å².